The second kappa shape index (κ2) is 13.0. The first-order valence-corrected chi connectivity index (χ1v) is 13.6. The Morgan fingerprint density at radius 2 is 1.80 bits per heavy atom. The zero-order valence-electron chi connectivity index (χ0n) is 22.5. The molecule has 1 aliphatic heterocycles. The van der Waals surface area contributed by atoms with Crippen molar-refractivity contribution < 1.29 is 14.4 Å². The molecule has 1 fully saturated rings. The predicted octanol–water partition coefficient (Wildman–Crippen LogP) is 5.18. The number of hydrogen-bond acceptors (Lipinski definition) is 5. The third kappa shape index (κ3) is 6.93. The fourth-order valence-electron chi connectivity index (χ4n) is 4.34. The SMILES string of the molecule is C#CN/C(=C\C=C/C)C(=O)Nc1ccc(C(=O)N2CCC(/C=C(\S)C(=O)NC3CC3)=C(C)c3ccccc32)cc1. The molecule has 7 nitrogen and oxygen atoms in total. The number of para-hydroxylation sites is 1. The second-order valence-corrected chi connectivity index (χ2v) is 10.0. The normalized spacial score (nSPS) is 15.7. The van der Waals surface area contributed by atoms with Gasteiger partial charge in [-0.05, 0) is 86.7 Å². The fourth-order valence-corrected chi connectivity index (χ4v) is 4.56. The predicted molar refractivity (Wildman–Crippen MR) is 164 cm³/mol. The number of anilines is 2. The summed E-state index contributed by atoms with van der Waals surface area (Å²) >= 11 is 4.46. The highest BCUT2D eigenvalue weighted by Gasteiger charge is 2.26. The molecule has 0 saturated heterocycles. The van der Waals surface area contributed by atoms with E-state index >= 15 is 0 Å². The van der Waals surface area contributed by atoms with Crippen LogP contribution in [0, 0.1) is 12.5 Å². The standard InChI is InChI=1S/C32H32N4O3S/c1-4-6-10-27(33-5-2)30(37)34-24-14-12-22(13-15-24)32(39)36-19-18-23(20-29(40)31(38)35-25-16-17-25)21(3)26-9-7-8-11-28(26)36/h2,4,6-15,20,25,33,40H,16-19H2,1,3H3,(H,34,37)(H,35,38)/b6-4-,27-10-,29-20-. The number of amides is 3. The maximum Gasteiger partial charge on any atom is 0.272 e. The maximum absolute atomic E-state index is 13.7. The van der Waals surface area contributed by atoms with Gasteiger partial charge in [0.25, 0.3) is 17.7 Å². The molecule has 0 unspecified atom stereocenters. The summed E-state index contributed by atoms with van der Waals surface area (Å²) in [6, 6.07) is 17.0. The van der Waals surface area contributed by atoms with Crippen LogP contribution in [0.2, 0.25) is 0 Å². The van der Waals surface area contributed by atoms with Gasteiger partial charge >= 0.3 is 0 Å². The Labute approximate surface area is 240 Å². The minimum atomic E-state index is -0.395. The average molecular weight is 553 g/mol. The van der Waals surface area contributed by atoms with E-state index in [0.717, 1.165) is 35.2 Å². The number of allylic oxidation sites excluding steroid dienone is 5. The lowest BCUT2D eigenvalue weighted by atomic mass is 9.99. The molecule has 204 valence electrons. The van der Waals surface area contributed by atoms with Crippen molar-refractivity contribution in [3.8, 4) is 12.5 Å². The van der Waals surface area contributed by atoms with Crippen LogP contribution in [-0.4, -0.2) is 30.3 Å². The molecular formula is C32H32N4O3S. The summed E-state index contributed by atoms with van der Waals surface area (Å²) in [6.45, 7) is 4.27. The van der Waals surface area contributed by atoms with Gasteiger partial charge in [-0.3, -0.25) is 14.4 Å². The van der Waals surface area contributed by atoms with Crippen LogP contribution in [0.25, 0.3) is 5.57 Å². The molecule has 3 N–H and O–H groups in total. The van der Waals surface area contributed by atoms with Crippen molar-refractivity contribution in [2.75, 3.05) is 16.8 Å². The van der Waals surface area contributed by atoms with Crippen molar-refractivity contribution >= 4 is 47.3 Å². The Morgan fingerprint density at radius 1 is 1.07 bits per heavy atom. The van der Waals surface area contributed by atoms with Crippen LogP contribution in [0.3, 0.4) is 0 Å². The molecule has 0 aromatic heterocycles. The van der Waals surface area contributed by atoms with Crippen LogP contribution >= 0.6 is 12.6 Å². The lowest BCUT2D eigenvalue weighted by molar-refractivity contribution is -0.117. The van der Waals surface area contributed by atoms with Crippen LogP contribution in [0.4, 0.5) is 11.4 Å². The summed E-state index contributed by atoms with van der Waals surface area (Å²) in [4.78, 5) is 40.9. The zero-order chi connectivity index (χ0) is 28.6. The molecule has 2 aromatic rings. The average Bonchev–Trinajstić information content (AvgIpc) is 3.79. The van der Waals surface area contributed by atoms with Crippen LogP contribution < -0.4 is 20.9 Å². The van der Waals surface area contributed by atoms with Gasteiger partial charge in [-0.1, -0.05) is 36.8 Å². The first kappa shape index (κ1) is 28.5. The molecule has 1 saturated carbocycles. The molecule has 1 aliphatic carbocycles. The monoisotopic (exact) mass is 552 g/mol. The molecule has 1 heterocycles. The maximum atomic E-state index is 13.7. The fraction of sp³-hybridized carbons (Fsp3) is 0.219. The zero-order valence-corrected chi connectivity index (χ0v) is 23.4. The van der Waals surface area contributed by atoms with Crippen LogP contribution in [-0.2, 0) is 9.59 Å². The van der Waals surface area contributed by atoms with Gasteiger partial charge < -0.3 is 20.9 Å². The lowest BCUT2D eigenvalue weighted by Gasteiger charge is -2.23. The number of hydrogen-bond donors (Lipinski definition) is 4. The number of carbonyl (C=O) groups is 3. The first-order valence-electron chi connectivity index (χ1n) is 13.1. The van der Waals surface area contributed by atoms with Gasteiger partial charge in [-0.25, -0.2) is 0 Å². The van der Waals surface area contributed by atoms with Gasteiger partial charge in [-0.15, -0.1) is 12.6 Å². The van der Waals surface area contributed by atoms with Crippen molar-refractivity contribution in [2.24, 2.45) is 0 Å². The van der Waals surface area contributed by atoms with E-state index in [2.05, 4.69) is 34.6 Å². The largest absolute Gasteiger partial charge is 0.349 e. The highest BCUT2D eigenvalue weighted by molar-refractivity contribution is 7.85. The summed E-state index contributed by atoms with van der Waals surface area (Å²) in [5.41, 5.74) is 4.91. The molecule has 0 bridgehead atoms. The van der Waals surface area contributed by atoms with Crippen LogP contribution in [0.1, 0.15) is 49.0 Å². The molecule has 40 heavy (non-hydrogen) atoms. The van der Waals surface area contributed by atoms with Crippen molar-refractivity contribution in [1.82, 2.24) is 10.6 Å². The topological polar surface area (TPSA) is 90.5 Å². The molecule has 0 spiro atoms. The van der Waals surface area contributed by atoms with Gasteiger partial charge in [0.05, 0.1) is 10.6 Å². The van der Waals surface area contributed by atoms with E-state index < -0.39 is 5.91 Å². The molecular weight excluding hydrogens is 520 g/mol. The Kier molecular flexibility index (Phi) is 9.31. The Hall–Kier alpha value is -4.48. The molecule has 8 heteroatoms. The number of rotatable bonds is 8. The van der Waals surface area contributed by atoms with Crippen LogP contribution in [0.5, 0.6) is 0 Å². The van der Waals surface area contributed by atoms with E-state index in [-0.39, 0.29) is 23.6 Å². The number of benzene rings is 2. The first-order chi connectivity index (χ1) is 19.3. The minimum absolute atomic E-state index is 0.163. The Morgan fingerprint density at radius 3 is 2.48 bits per heavy atom. The summed E-state index contributed by atoms with van der Waals surface area (Å²) in [6.07, 6.45) is 14.8. The Balaban J connectivity index is 1.53. The highest BCUT2D eigenvalue weighted by atomic mass is 32.1. The second-order valence-electron chi connectivity index (χ2n) is 9.56. The van der Waals surface area contributed by atoms with E-state index in [4.69, 9.17) is 6.42 Å². The van der Waals surface area contributed by atoms with Gasteiger partial charge in [-0.2, -0.15) is 0 Å². The molecule has 2 aromatic carbocycles. The molecule has 0 atom stereocenters. The number of terminal acetylenes is 1. The molecule has 0 radical (unpaired) electrons. The summed E-state index contributed by atoms with van der Waals surface area (Å²) in [5, 5.41) is 8.34. The minimum Gasteiger partial charge on any atom is -0.349 e. The number of nitrogens with one attached hydrogen (secondary N) is 3. The third-order valence-electron chi connectivity index (χ3n) is 6.68. The van der Waals surface area contributed by atoms with E-state index in [0.29, 0.717) is 29.1 Å². The summed E-state index contributed by atoms with van der Waals surface area (Å²) < 4.78 is 0. The van der Waals surface area contributed by atoms with Gasteiger partial charge in [0.15, 0.2) is 0 Å². The Bertz CT molecular complexity index is 1470. The van der Waals surface area contributed by atoms with Crippen molar-refractivity contribution in [2.45, 2.75) is 39.2 Å². The number of nitrogens with zero attached hydrogens (tertiary/aromatic N) is 1. The van der Waals surface area contributed by atoms with E-state index in [1.54, 1.807) is 47.4 Å². The lowest BCUT2D eigenvalue weighted by Crippen LogP contribution is -2.32. The van der Waals surface area contributed by atoms with E-state index in [1.807, 2.05) is 44.2 Å². The summed E-state index contributed by atoms with van der Waals surface area (Å²) in [5.74, 6) is -0.736. The van der Waals surface area contributed by atoms with E-state index in [9.17, 15) is 14.4 Å². The smallest absolute Gasteiger partial charge is 0.272 e. The quantitative estimate of drug-likeness (QED) is 0.119. The van der Waals surface area contributed by atoms with Gasteiger partial charge in [0.2, 0.25) is 0 Å². The van der Waals surface area contributed by atoms with E-state index in [1.165, 1.54) is 0 Å². The third-order valence-corrected chi connectivity index (χ3v) is 7.02. The number of carbonyl (C=O) groups excluding carboxylic acids is 3. The van der Waals surface area contributed by atoms with Crippen molar-refractivity contribution in [3.63, 3.8) is 0 Å². The molecule has 2 aliphatic rings. The van der Waals surface area contributed by atoms with Crippen molar-refractivity contribution in [3.05, 3.63) is 100 Å². The molecule has 3 amide bonds. The number of thiol groups is 1. The van der Waals surface area contributed by atoms with Gasteiger partial charge in [0, 0.05) is 35.4 Å². The van der Waals surface area contributed by atoms with Crippen molar-refractivity contribution in [1.29, 1.82) is 0 Å². The van der Waals surface area contributed by atoms with Crippen LogP contribution in [0.15, 0.2) is 89.0 Å². The molecule has 4 rings (SSSR count). The highest BCUT2D eigenvalue weighted by Crippen LogP contribution is 2.35. The number of fused-ring (bicyclic) bond motifs is 1. The van der Waals surface area contributed by atoms with Gasteiger partial charge in [0.1, 0.15) is 5.70 Å². The summed E-state index contributed by atoms with van der Waals surface area (Å²) in [7, 11) is 0.